The number of fused-ring (bicyclic) bond motifs is 1. The number of benzene rings is 2. The van der Waals surface area contributed by atoms with Crippen molar-refractivity contribution in [1.82, 2.24) is 15.2 Å². The zero-order valence-corrected chi connectivity index (χ0v) is 28.4. The van der Waals surface area contributed by atoms with Crippen LogP contribution in [0.5, 0.6) is 0 Å². The van der Waals surface area contributed by atoms with Crippen LogP contribution in [0.4, 0.5) is 4.39 Å². The van der Waals surface area contributed by atoms with E-state index in [0.717, 1.165) is 42.0 Å². The van der Waals surface area contributed by atoms with Gasteiger partial charge in [-0.15, -0.1) is 0 Å². The number of aryl methyl sites for hydroxylation is 1. The van der Waals surface area contributed by atoms with Gasteiger partial charge in [0.15, 0.2) is 0 Å². The van der Waals surface area contributed by atoms with Gasteiger partial charge in [-0.1, -0.05) is 50.2 Å². The molecule has 7 heteroatoms. The SMILES string of the molecule is Cc1[nH]c2ccccc2c1[C@H]1[C@@H](CC(=O)N(Cc2ccccc2F)C2(C(=O)NC34CC5CC(CC(C5)C3)C4)CCSCC2)C1(C)C. The fraction of sp³-hybridized carbons (Fsp3) is 0.590. The van der Waals surface area contributed by atoms with Crippen LogP contribution < -0.4 is 5.32 Å². The summed E-state index contributed by atoms with van der Waals surface area (Å²) in [6.07, 6.45) is 8.69. The number of rotatable bonds is 8. The number of carbonyl (C=O) groups excluding carboxylic acids is 2. The molecular formula is C39H48FN3O2S. The van der Waals surface area contributed by atoms with Crippen LogP contribution in [0.25, 0.3) is 10.9 Å². The largest absolute Gasteiger partial charge is 0.358 e. The summed E-state index contributed by atoms with van der Waals surface area (Å²) in [4.78, 5) is 35.1. The van der Waals surface area contributed by atoms with Gasteiger partial charge in [-0.3, -0.25) is 9.59 Å². The van der Waals surface area contributed by atoms with Gasteiger partial charge in [0.25, 0.3) is 0 Å². The molecule has 6 fully saturated rings. The van der Waals surface area contributed by atoms with Crippen molar-refractivity contribution in [2.45, 2.75) is 102 Å². The molecule has 3 aromatic rings. The monoisotopic (exact) mass is 641 g/mol. The Morgan fingerprint density at radius 3 is 2.26 bits per heavy atom. The lowest BCUT2D eigenvalue weighted by atomic mass is 9.53. The molecule has 46 heavy (non-hydrogen) atoms. The molecule has 244 valence electrons. The molecule has 1 saturated heterocycles. The highest BCUT2D eigenvalue weighted by molar-refractivity contribution is 7.99. The van der Waals surface area contributed by atoms with Crippen molar-refractivity contribution in [3.63, 3.8) is 0 Å². The van der Waals surface area contributed by atoms with E-state index in [9.17, 15) is 9.59 Å². The Labute approximate surface area is 276 Å². The van der Waals surface area contributed by atoms with Crippen LogP contribution in [-0.4, -0.2) is 44.3 Å². The standard InChI is InChI=1S/C39H48FN3O2S/c1-24-34(29-9-5-7-11-32(29)41-24)35-30(37(35,2)3)19-33(44)43(23-28-8-4-6-10-31(28)40)39(12-14-46-15-13-39)36(45)42-38-20-25-16-26(21-38)18-27(17-25)22-38/h4-11,25-27,30,35,41H,12-23H2,1-3H3,(H,42,45)/t25?,26?,27?,30-,35-,38?/m1/s1. The third-order valence-electron chi connectivity index (χ3n) is 13.0. The predicted molar refractivity (Wildman–Crippen MR) is 183 cm³/mol. The zero-order valence-electron chi connectivity index (χ0n) is 27.5. The number of para-hydroxylation sites is 1. The number of aromatic nitrogens is 1. The summed E-state index contributed by atoms with van der Waals surface area (Å²) in [6, 6.07) is 15.2. The van der Waals surface area contributed by atoms with Gasteiger partial charge in [0.2, 0.25) is 11.8 Å². The van der Waals surface area contributed by atoms with Crippen LogP contribution in [-0.2, 0) is 16.1 Å². The van der Waals surface area contributed by atoms with Gasteiger partial charge in [0.1, 0.15) is 11.4 Å². The number of nitrogens with zero attached hydrogens (tertiary/aromatic N) is 1. The number of aromatic amines is 1. The van der Waals surface area contributed by atoms with Crippen LogP contribution in [0, 0.1) is 41.8 Å². The molecule has 2 amide bonds. The quantitative estimate of drug-likeness (QED) is 0.261. The third kappa shape index (κ3) is 5.02. The lowest BCUT2D eigenvalue weighted by Gasteiger charge is -2.58. The van der Waals surface area contributed by atoms with Gasteiger partial charge in [0, 0.05) is 40.7 Å². The van der Waals surface area contributed by atoms with E-state index in [2.05, 4.69) is 55.3 Å². The Hall–Kier alpha value is -2.80. The van der Waals surface area contributed by atoms with Crippen molar-refractivity contribution in [2.24, 2.45) is 29.1 Å². The van der Waals surface area contributed by atoms with E-state index in [-0.39, 0.29) is 47.0 Å². The minimum Gasteiger partial charge on any atom is -0.358 e. The van der Waals surface area contributed by atoms with Gasteiger partial charge >= 0.3 is 0 Å². The lowest BCUT2D eigenvalue weighted by Crippen LogP contribution is -2.68. The van der Waals surface area contributed by atoms with Gasteiger partial charge in [0.05, 0.1) is 0 Å². The summed E-state index contributed by atoms with van der Waals surface area (Å²) in [5.41, 5.74) is 2.90. The predicted octanol–water partition coefficient (Wildman–Crippen LogP) is 8.12. The Morgan fingerprint density at radius 1 is 0.957 bits per heavy atom. The summed E-state index contributed by atoms with van der Waals surface area (Å²) in [7, 11) is 0. The molecule has 0 unspecified atom stereocenters. The van der Waals surface area contributed by atoms with E-state index in [0.29, 0.717) is 42.6 Å². The normalized spacial score (nSPS) is 32.0. The Balaban J connectivity index is 1.12. The molecule has 2 N–H and O–H groups in total. The number of hydrogen-bond donors (Lipinski definition) is 2. The molecule has 0 radical (unpaired) electrons. The van der Waals surface area contributed by atoms with Crippen LogP contribution in [0.3, 0.4) is 0 Å². The highest BCUT2D eigenvalue weighted by Crippen LogP contribution is 2.67. The van der Waals surface area contributed by atoms with E-state index in [1.54, 1.807) is 12.1 Å². The van der Waals surface area contributed by atoms with E-state index in [1.807, 2.05) is 22.7 Å². The van der Waals surface area contributed by atoms with E-state index in [1.165, 1.54) is 36.3 Å². The summed E-state index contributed by atoms with van der Waals surface area (Å²) >= 11 is 1.85. The van der Waals surface area contributed by atoms with Crippen molar-refractivity contribution in [3.05, 3.63) is 71.2 Å². The van der Waals surface area contributed by atoms with Crippen molar-refractivity contribution in [2.75, 3.05) is 11.5 Å². The summed E-state index contributed by atoms with van der Waals surface area (Å²) in [6.45, 7) is 6.79. The molecule has 2 atom stereocenters. The maximum Gasteiger partial charge on any atom is 0.246 e. The lowest BCUT2D eigenvalue weighted by molar-refractivity contribution is -0.153. The Bertz CT molecular complexity index is 1640. The first-order valence-electron chi connectivity index (χ1n) is 17.6. The topological polar surface area (TPSA) is 65.2 Å². The zero-order chi connectivity index (χ0) is 31.8. The van der Waals surface area contributed by atoms with E-state index >= 15 is 4.39 Å². The Kier molecular flexibility index (Phi) is 7.39. The van der Waals surface area contributed by atoms with E-state index in [4.69, 9.17) is 0 Å². The summed E-state index contributed by atoms with van der Waals surface area (Å²) in [5, 5.41) is 4.90. The Morgan fingerprint density at radius 2 is 1.59 bits per heavy atom. The molecule has 2 aromatic carbocycles. The molecule has 2 heterocycles. The molecule has 5 aliphatic carbocycles. The number of halogens is 1. The molecule has 0 spiro atoms. The highest BCUT2D eigenvalue weighted by atomic mass is 32.2. The first-order chi connectivity index (χ1) is 22.1. The molecule has 9 rings (SSSR count). The van der Waals surface area contributed by atoms with Crippen LogP contribution in [0.15, 0.2) is 48.5 Å². The molecule has 6 aliphatic rings. The first kappa shape index (κ1) is 30.5. The summed E-state index contributed by atoms with van der Waals surface area (Å²) < 4.78 is 15.3. The number of hydrogen-bond acceptors (Lipinski definition) is 3. The number of H-pyrrole nitrogens is 1. The van der Waals surface area contributed by atoms with Crippen LogP contribution >= 0.6 is 11.8 Å². The second-order valence-electron chi connectivity index (χ2n) is 16.2. The van der Waals surface area contributed by atoms with Gasteiger partial charge < -0.3 is 15.2 Å². The molecule has 5 nitrogen and oxygen atoms in total. The van der Waals surface area contributed by atoms with E-state index < -0.39 is 5.54 Å². The van der Waals surface area contributed by atoms with Gasteiger partial charge in [-0.2, -0.15) is 11.8 Å². The number of thioether (sulfide) groups is 1. The van der Waals surface area contributed by atoms with Crippen molar-refractivity contribution >= 4 is 34.5 Å². The minimum atomic E-state index is -0.973. The van der Waals surface area contributed by atoms with Gasteiger partial charge in [-0.05, 0) is 122 Å². The van der Waals surface area contributed by atoms with Crippen molar-refractivity contribution < 1.29 is 14.0 Å². The molecule has 5 saturated carbocycles. The maximum absolute atomic E-state index is 15.3. The van der Waals surface area contributed by atoms with Crippen molar-refractivity contribution in [3.8, 4) is 0 Å². The summed E-state index contributed by atoms with van der Waals surface area (Å²) in [5.74, 6) is 3.83. The fourth-order valence-electron chi connectivity index (χ4n) is 10.9. The smallest absolute Gasteiger partial charge is 0.246 e. The average molecular weight is 642 g/mol. The minimum absolute atomic E-state index is 0.0125. The maximum atomic E-state index is 15.3. The average Bonchev–Trinajstić information content (AvgIpc) is 3.36. The number of nitrogens with one attached hydrogen (secondary N) is 2. The number of carbonyl (C=O) groups is 2. The number of amides is 2. The van der Waals surface area contributed by atoms with Crippen LogP contribution in [0.2, 0.25) is 0 Å². The second-order valence-corrected chi connectivity index (χ2v) is 17.4. The van der Waals surface area contributed by atoms with Gasteiger partial charge in [-0.25, -0.2) is 4.39 Å². The molecule has 1 aromatic heterocycles. The van der Waals surface area contributed by atoms with Crippen LogP contribution in [0.1, 0.15) is 94.4 Å². The molecule has 4 bridgehead atoms. The second kappa shape index (κ2) is 11.1. The van der Waals surface area contributed by atoms with Crippen molar-refractivity contribution in [1.29, 1.82) is 0 Å². The molecular weight excluding hydrogens is 594 g/mol. The third-order valence-corrected chi connectivity index (χ3v) is 13.9. The highest BCUT2D eigenvalue weighted by Gasteiger charge is 2.61. The fourth-order valence-corrected chi connectivity index (χ4v) is 12.1. The first-order valence-corrected chi connectivity index (χ1v) is 18.8. The molecule has 1 aliphatic heterocycles.